The predicted molar refractivity (Wildman–Crippen MR) is 90.9 cm³/mol. The average molecular weight is 419 g/mol. The van der Waals surface area contributed by atoms with E-state index in [1.807, 2.05) is 31.0 Å². The minimum Gasteiger partial charge on any atom is -0.342 e. The van der Waals surface area contributed by atoms with E-state index in [4.69, 9.17) is 0 Å². The van der Waals surface area contributed by atoms with Crippen LogP contribution in [0.4, 0.5) is 0 Å². The van der Waals surface area contributed by atoms with Crippen LogP contribution in [0.15, 0.2) is 21.2 Å². The summed E-state index contributed by atoms with van der Waals surface area (Å²) < 4.78 is 1.98. The summed E-state index contributed by atoms with van der Waals surface area (Å²) in [5.74, 6) is 0.364. The van der Waals surface area contributed by atoms with Crippen LogP contribution in [0.25, 0.3) is 0 Å². The van der Waals surface area contributed by atoms with Gasteiger partial charge in [0.05, 0.1) is 5.69 Å². The smallest absolute Gasteiger partial charge is 0.225 e. The Bertz CT molecular complexity index is 500. The first-order chi connectivity index (χ1) is 9.97. The number of carbonyl (C=O) groups is 1. The van der Waals surface area contributed by atoms with Crippen molar-refractivity contribution in [2.45, 2.75) is 39.3 Å². The maximum absolute atomic E-state index is 11.9. The number of hydrogen-bond donors (Lipinski definition) is 1. The Labute approximate surface area is 143 Å². The van der Waals surface area contributed by atoms with Gasteiger partial charge in [-0.15, -0.1) is 0 Å². The molecule has 0 bridgehead atoms. The van der Waals surface area contributed by atoms with E-state index in [9.17, 15) is 4.79 Å². The SMILES string of the molecule is CC(C)C(=O)N1CCC(NCc2ncc(Br)cc2Br)CC1. The van der Waals surface area contributed by atoms with Gasteiger partial charge in [0.1, 0.15) is 0 Å². The van der Waals surface area contributed by atoms with Crippen molar-refractivity contribution in [3.05, 3.63) is 26.9 Å². The molecule has 1 fully saturated rings. The van der Waals surface area contributed by atoms with Gasteiger partial charge in [0.15, 0.2) is 0 Å². The number of rotatable bonds is 4. The van der Waals surface area contributed by atoms with Gasteiger partial charge in [-0.1, -0.05) is 13.8 Å². The van der Waals surface area contributed by atoms with Gasteiger partial charge in [-0.05, 0) is 50.8 Å². The van der Waals surface area contributed by atoms with Crippen molar-refractivity contribution in [2.75, 3.05) is 13.1 Å². The molecule has 0 aliphatic carbocycles. The van der Waals surface area contributed by atoms with Crippen molar-refractivity contribution in [2.24, 2.45) is 5.92 Å². The van der Waals surface area contributed by atoms with Crippen molar-refractivity contribution in [1.82, 2.24) is 15.2 Å². The van der Waals surface area contributed by atoms with Gasteiger partial charge < -0.3 is 10.2 Å². The second-order valence-corrected chi connectivity index (χ2v) is 7.49. The zero-order valence-electron chi connectivity index (χ0n) is 12.4. The van der Waals surface area contributed by atoms with Crippen molar-refractivity contribution in [1.29, 1.82) is 0 Å². The molecular weight excluding hydrogens is 398 g/mol. The normalized spacial score (nSPS) is 16.5. The highest BCUT2D eigenvalue weighted by Crippen LogP contribution is 2.20. The highest BCUT2D eigenvalue weighted by Gasteiger charge is 2.24. The second kappa shape index (κ2) is 7.70. The van der Waals surface area contributed by atoms with Crippen LogP contribution in [0.5, 0.6) is 0 Å². The second-order valence-electron chi connectivity index (χ2n) is 5.72. The van der Waals surface area contributed by atoms with Crippen LogP contribution in [0.2, 0.25) is 0 Å². The van der Waals surface area contributed by atoms with Crippen LogP contribution < -0.4 is 5.32 Å². The molecule has 1 aliphatic heterocycles. The molecule has 0 spiro atoms. The monoisotopic (exact) mass is 417 g/mol. The van der Waals surface area contributed by atoms with E-state index in [0.717, 1.165) is 47.1 Å². The molecule has 0 radical (unpaired) electrons. The van der Waals surface area contributed by atoms with Crippen molar-refractivity contribution in [3.63, 3.8) is 0 Å². The molecule has 0 atom stereocenters. The lowest BCUT2D eigenvalue weighted by Crippen LogP contribution is -2.46. The van der Waals surface area contributed by atoms with Gasteiger partial charge in [-0.2, -0.15) is 0 Å². The van der Waals surface area contributed by atoms with Gasteiger partial charge in [0, 0.05) is 46.7 Å². The summed E-state index contributed by atoms with van der Waals surface area (Å²) in [5.41, 5.74) is 1.01. The fraction of sp³-hybridized carbons (Fsp3) is 0.600. The number of amides is 1. The zero-order valence-corrected chi connectivity index (χ0v) is 15.6. The zero-order chi connectivity index (χ0) is 15.4. The van der Waals surface area contributed by atoms with Gasteiger partial charge in [-0.3, -0.25) is 9.78 Å². The van der Waals surface area contributed by atoms with Crippen LogP contribution in [-0.4, -0.2) is 34.9 Å². The number of aromatic nitrogens is 1. The Hall–Kier alpha value is -0.460. The summed E-state index contributed by atoms with van der Waals surface area (Å²) in [7, 11) is 0. The number of nitrogens with one attached hydrogen (secondary N) is 1. The van der Waals surface area contributed by atoms with Crippen molar-refractivity contribution in [3.8, 4) is 0 Å². The first-order valence-corrected chi connectivity index (χ1v) is 8.88. The fourth-order valence-electron chi connectivity index (χ4n) is 2.48. The summed E-state index contributed by atoms with van der Waals surface area (Å²) in [6, 6.07) is 2.46. The Morgan fingerprint density at radius 1 is 1.43 bits per heavy atom. The molecule has 1 N–H and O–H groups in total. The number of nitrogens with zero attached hydrogens (tertiary/aromatic N) is 2. The van der Waals surface area contributed by atoms with Crippen LogP contribution in [0.3, 0.4) is 0 Å². The lowest BCUT2D eigenvalue weighted by atomic mass is 10.0. The summed E-state index contributed by atoms with van der Waals surface area (Å²) in [4.78, 5) is 18.3. The molecule has 21 heavy (non-hydrogen) atoms. The third-order valence-electron chi connectivity index (χ3n) is 3.74. The lowest BCUT2D eigenvalue weighted by Gasteiger charge is -2.33. The van der Waals surface area contributed by atoms with Crippen LogP contribution in [-0.2, 0) is 11.3 Å². The first kappa shape index (κ1) is 16.9. The quantitative estimate of drug-likeness (QED) is 0.815. The molecule has 1 aromatic rings. The Morgan fingerprint density at radius 2 is 2.10 bits per heavy atom. The topological polar surface area (TPSA) is 45.2 Å². The molecule has 1 aromatic heterocycles. The maximum atomic E-state index is 11.9. The number of halogens is 2. The molecule has 0 aromatic carbocycles. The van der Waals surface area contributed by atoms with Crippen LogP contribution in [0.1, 0.15) is 32.4 Å². The average Bonchev–Trinajstić information content (AvgIpc) is 2.46. The van der Waals surface area contributed by atoms with E-state index in [0.29, 0.717) is 6.04 Å². The molecule has 1 saturated heterocycles. The van der Waals surface area contributed by atoms with E-state index in [-0.39, 0.29) is 11.8 Å². The molecule has 2 heterocycles. The number of pyridine rings is 1. The predicted octanol–water partition coefficient (Wildman–Crippen LogP) is 3.34. The minimum absolute atomic E-state index is 0.0948. The summed E-state index contributed by atoms with van der Waals surface area (Å²) in [5, 5.41) is 3.54. The molecule has 1 aliphatic rings. The summed E-state index contributed by atoms with van der Waals surface area (Å²) in [6.45, 7) is 6.37. The number of hydrogen-bond acceptors (Lipinski definition) is 3. The van der Waals surface area contributed by atoms with E-state index < -0.39 is 0 Å². The standard InChI is InChI=1S/C15H21Br2N3O/c1-10(2)15(21)20-5-3-12(4-6-20)18-9-14-13(17)7-11(16)8-19-14/h7-8,10,12,18H,3-6,9H2,1-2H3. The molecule has 0 saturated carbocycles. The van der Waals surface area contributed by atoms with E-state index >= 15 is 0 Å². The Balaban J connectivity index is 1.80. The molecular formula is C15H21Br2N3O. The number of carbonyl (C=O) groups excluding carboxylic acids is 1. The van der Waals surface area contributed by atoms with Crippen molar-refractivity contribution >= 4 is 37.8 Å². The van der Waals surface area contributed by atoms with Crippen molar-refractivity contribution < 1.29 is 4.79 Å². The highest BCUT2D eigenvalue weighted by molar-refractivity contribution is 9.11. The van der Waals surface area contributed by atoms with E-state index in [1.165, 1.54) is 0 Å². The summed E-state index contributed by atoms with van der Waals surface area (Å²) >= 11 is 6.94. The van der Waals surface area contributed by atoms with Gasteiger partial charge in [0.2, 0.25) is 5.91 Å². The lowest BCUT2D eigenvalue weighted by molar-refractivity contribution is -0.135. The first-order valence-electron chi connectivity index (χ1n) is 7.29. The third kappa shape index (κ3) is 4.76. The highest BCUT2D eigenvalue weighted by atomic mass is 79.9. The summed E-state index contributed by atoms with van der Waals surface area (Å²) in [6.07, 6.45) is 3.82. The maximum Gasteiger partial charge on any atom is 0.225 e. The molecule has 1 amide bonds. The van der Waals surface area contributed by atoms with Gasteiger partial charge >= 0.3 is 0 Å². The van der Waals surface area contributed by atoms with Gasteiger partial charge in [0.25, 0.3) is 0 Å². The Kier molecular flexibility index (Phi) is 6.20. The fourth-order valence-corrected chi connectivity index (χ4v) is 3.61. The Morgan fingerprint density at radius 3 is 2.67 bits per heavy atom. The largest absolute Gasteiger partial charge is 0.342 e. The number of likely N-dealkylation sites (tertiary alicyclic amines) is 1. The molecule has 2 rings (SSSR count). The number of piperidine rings is 1. The van der Waals surface area contributed by atoms with E-state index in [2.05, 4.69) is 42.2 Å². The third-order valence-corrected chi connectivity index (χ3v) is 4.86. The molecule has 116 valence electrons. The van der Waals surface area contributed by atoms with Gasteiger partial charge in [-0.25, -0.2) is 0 Å². The molecule has 0 unspecified atom stereocenters. The molecule has 6 heteroatoms. The molecule has 4 nitrogen and oxygen atoms in total. The van der Waals surface area contributed by atoms with E-state index in [1.54, 1.807) is 0 Å². The minimum atomic E-state index is 0.0948. The van der Waals surface area contributed by atoms with Crippen LogP contribution >= 0.6 is 31.9 Å². The van der Waals surface area contributed by atoms with Crippen LogP contribution in [0, 0.1) is 5.92 Å².